The lowest BCUT2D eigenvalue weighted by Gasteiger charge is -1.99. The fraction of sp³-hybridized carbons (Fsp3) is 0.500. The van der Waals surface area contributed by atoms with Crippen molar-refractivity contribution in [3.8, 4) is 0 Å². The minimum atomic E-state index is -0.0330. The standard InChI is InChI=1S/C10H17NO/c1-5-9(10(12)11-4)7-6-8(2)3/h5-8H,1-4H3,(H,11,12)/b7-6-,9-5+. The third-order valence-corrected chi connectivity index (χ3v) is 1.46. The Kier molecular flexibility index (Phi) is 5.09. The van der Waals surface area contributed by atoms with E-state index in [0.29, 0.717) is 11.5 Å². The fourth-order valence-corrected chi connectivity index (χ4v) is 0.743. The van der Waals surface area contributed by atoms with E-state index in [1.165, 1.54) is 0 Å². The van der Waals surface area contributed by atoms with Crippen LogP contribution in [0.2, 0.25) is 0 Å². The number of carbonyl (C=O) groups is 1. The topological polar surface area (TPSA) is 29.1 Å². The van der Waals surface area contributed by atoms with E-state index in [0.717, 1.165) is 0 Å². The Morgan fingerprint density at radius 3 is 2.33 bits per heavy atom. The summed E-state index contributed by atoms with van der Waals surface area (Å²) in [6, 6.07) is 0. The monoisotopic (exact) mass is 167 g/mol. The summed E-state index contributed by atoms with van der Waals surface area (Å²) in [7, 11) is 1.63. The van der Waals surface area contributed by atoms with Gasteiger partial charge in [-0.25, -0.2) is 0 Å². The maximum atomic E-state index is 11.1. The first-order valence-corrected chi connectivity index (χ1v) is 4.18. The Labute approximate surface area is 74.4 Å². The molecule has 0 aromatic heterocycles. The van der Waals surface area contributed by atoms with Gasteiger partial charge in [0.2, 0.25) is 0 Å². The lowest BCUT2D eigenvalue weighted by Crippen LogP contribution is -2.18. The second-order valence-corrected chi connectivity index (χ2v) is 2.93. The highest BCUT2D eigenvalue weighted by atomic mass is 16.1. The SMILES string of the molecule is C/C=C(\C=C/C(C)C)C(=O)NC. The molecule has 1 N–H and O–H groups in total. The number of hydrogen-bond donors (Lipinski definition) is 1. The van der Waals surface area contributed by atoms with Gasteiger partial charge in [0, 0.05) is 12.6 Å². The largest absolute Gasteiger partial charge is 0.355 e. The van der Waals surface area contributed by atoms with Gasteiger partial charge < -0.3 is 5.32 Å². The van der Waals surface area contributed by atoms with Crippen LogP contribution in [0, 0.1) is 5.92 Å². The van der Waals surface area contributed by atoms with Gasteiger partial charge in [-0.3, -0.25) is 4.79 Å². The van der Waals surface area contributed by atoms with Gasteiger partial charge >= 0.3 is 0 Å². The minimum absolute atomic E-state index is 0.0330. The van der Waals surface area contributed by atoms with E-state index < -0.39 is 0 Å². The van der Waals surface area contributed by atoms with Crippen molar-refractivity contribution in [3.05, 3.63) is 23.8 Å². The summed E-state index contributed by atoms with van der Waals surface area (Å²) in [5.41, 5.74) is 0.714. The van der Waals surface area contributed by atoms with Crippen LogP contribution in [0.5, 0.6) is 0 Å². The van der Waals surface area contributed by atoms with Crippen LogP contribution in [-0.2, 0) is 4.79 Å². The third kappa shape index (κ3) is 3.96. The molecule has 0 spiro atoms. The molecular weight excluding hydrogens is 150 g/mol. The molecule has 0 fully saturated rings. The van der Waals surface area contributed by atoms with Crippen LogP contribution in [0.4, 0.5) is 0 Å². The number of nitrogens with one attached hydrogen (secondary N) is 1. The molecule has 2 nitrogen and oxygen atoms in total. The number of hydrogen-bond acceptors (Lipinski definition) is 1. The molecule has 0 unspecified atom stereocenters. The zero-order chi connectivity index (χ0) is 9.56. The highest BCUT2D eigenvalue weighted by Crippen LogP contribution is 2.01. The first-order valence-electron chi connectivity index (χ1n) is 4.18. The average molecular weight is 167 g/mol. The number of likely N-dealkylation sites (N-methyl/N-ethyl adjacent to an activating group) is 1. The summed E-state index contributed by atoms with van der Waals surface area (Å²) in [6.07, 6.45) is 5.66. The first-order chi connectivity index (χ1) is 5.61. The van der Waals surface area contributed by atoms with Crippen LogP contribution in [0.15, 0.2) is 23.8 Å². The van der Waals surface area contributed by atoms with E-state index in [-0.39, 0.29) is 5.91 Å². The Morgan fingerprint density at radius 2 is 2.00 bits per heavy atom. The molecule has 0 radical (unpaired) electrons. The normalized spacial score (nSPS) is 12.6. The van der Waals surface area contributed by atoms with Crippen molar-refractivity contribution < 1.29 is 4.79 Å². The van der Waals surface area contributed by atoms with E-state index in [1.807, 2.05) is 19.1 Å². The molecule has 0 aromatic rings. The molecule has 0 bridgehead atoms. The van der Waals surface area contributed by atoms with Crippen LogP contribution in [0.25, 0.3) is 0 Å². The van der Waals surface area contributed by atoms with Crippen LogP contribution in [0.1, 0.15) is 20.8 Å². The van der Waals surface area contributed by atoms with Crippen molar-refractivity contribution in [1.82, 2.24) is 5.32 Å². The first kappa shape index (κ1) is 11.0. The smallest absolute Gasteiger partial charge is 0.250 e. The van der Waals surface area contributed by atoms with Gasteiger partial charge in [0.1, 0.15) is 0 Å². The van der Waals surface area contributed by atoms with Crippen LogP contribution in [0.3, 0.4) is 0 Å². The fourth-order valence-electron chi connectivity index (χ4n) is 0.743. The molecule has 0 saturated heterocycles. The van der Waals surface area contributed by atoms with Gasteiger partial charge in [0.25, 0.3) is 5.91 Å². The van der Waals surface area contributed by atoms with Crippen LogP contribution in [-0.4, -0.2) is 13.0 Å². The van der Waals surface area contributed by atoms with Gasteiger partial charge in [-0.05, 0) is 12.8 Å². The molecule has 0 atom stereocenters. The number of rotatable bonds is 3. The van der Waals surface area contributed by atoms with Gasteiger partial charge in [-0.2, -0.15) is 0 Å². The average Bonchev–Trinajstić information content (AvgIpc) is 2.04. The molecular formula is C10H17NO. The van der Waals surface area contributed by atoms with Crippen molar-refractivity contribution in [2.75, 3.05) is 7.05 Å². The summed E-state index contributed by atoms with van der Waals surface area (Å²) in [5.74, 6) is 0.444. The molecule has 0 saturated carbocycles. The number of carbonyl (C=O) groups excluding carboxylic acids is 1. The molecule has 0 aromatic carbocycles. The Morgan fingerprint density at radius 1 is 1.42 bits per heavy atom. The maximum absolute atomic E-state index is 11.1. The number of allylic oxidation sites excluding steroid dienone is 2. The van der Waals surface area contributed by atoms with E-state index in [2.05, 4.69) is 19.2 Å². The summed E-state index contributed by atoms with van der Waals surface area (Å²) < 4.78 is 0. The second kappa shape index (κ2) is 5.58. The molecule has 12 heavy (non-hydrogen) atoms. The number of amides is 1. The molecule has 0 rings (SSSR count). The Bertz CT molecular complexity index is 202. The van der Waals surface area contributed by atoms with Gasteiger partial charge in [-0.1, -0.05) is 32.1 Å². The molecule has 1 amide bonds. The van der Waals surface area contributed by atoms with Crippen molar-refractivity contribution in [1.29, 1.82) is 0 Å². The predicted molar refractivity (Wildman–Crippen MR) is 51.8 cm³/mol. The van der Waals surface area contributed by atoms with Crippen molar-refractivity contribution >= 4 is 5.91 Å². The predicted octanol–water partition coefficient (Wildman–Crippen LogP) is 1.89. The van der Waals surface area contributed by atoms with E-state index in [1.54, 1.807) is 13.1 Å². The highest BCUT2D eigenvalue weighted by molar-refractivity contribution is 5.95. The lowest BCUT2D eigenvalue weighted by atomic mass is 10.1. The molecule has 0 heterocycles. The summed E-state index contributed by atoms with van der Waals surface area (Å²) >= 11 is 0. The van der Waals surface area contributed by atoms with Crippen molar-refractivity contribution in [2.24, 2.45) is 5.92 Å². The summed E-state index contributed by atoms with van der Waals surface area (Å²) in [6.45, 7) is 6.01. The molecule has 0 aliphatic carbocycles. The van der Waals surface area contributed by atoms with Gasteiger partial charge in [-0.15, -0.1) is 0 Å². The lowest BCUT2D eigenvalue weighted by molar-refractivity contribution is -0.116. The summed E-state index contributed by atoms with van der Waals surface area (Å²) in [4.78, 5) is 11.1. The van der Waals surface area contributed by atoms with Crippen LogP contribution >= 0.6 is 0 Å². The highest BCUT2D eigenvalue weighted by Gasteiger charge is 2.00. The third-order valence-electron chi connectivity index (χ3n) is 1.46. The van der Waals surface area contributed by atoms with Crippen LogP contribution < -0.4 is 5.32 Å². The van der Waals surface area contributed by atoms with E-state index in [9.17, 15) is 4.79 Å². The minimum Gasteiger partial charge on any atom is -0.355 e. The molecule has 0 aliphatic rings. The maximum Gasteiger partial charge on any atom is 0.250 e. The Hall–Kier alpha value is -1.05. The van der Waals surface area contributed by atoms with Crippen molar-refractivity contribution in [3.63, 3.8) is 0 Å². The Balaban J connectivity index is 4.30. The zero-order valence-corrected chi connectivity index (χ0v) is 8.22. The van der Waals surface area contributed by atoms with E-state index in [4.69, 9.17) is 0 Å². The molecule has 2 heteroatoms. The zero-order valence-electron chi connectivity index (χ0n) is 8.22. The van der Waals surface area contributed by atoms with Gasteiger partial charge in [0.15, 0.2) is 0 Å². The van der Waals surface area contributed by atoms with Crippen molar-refractivity contribution in [2.45, 2.75) is 20.8 Å². The quantitative estimate of drug-likeness (QED) is 0.504. The van der Waals surface area contributed by atoms with E-state index >= 15 is 0 Å². The molecule has 0 aliphatic heterocycles. The van der Waals surface area contributed by atoms with Gasteiger partial charge in [0.05, 0.1) is 0 Å². The second-order valence-electron chi connectivity index (χ2n) is 2.93. The summed E-state index contributed by atoms with van der Waals surface area (Å²) in [5, 5.41) is 2.58. The molecule has 68 valence electrons.